The Morgan fingerprint density at radius 1 is 1.00 bits per heavy atom. The summed E-state index contributed by atoms with van der Waals surface area (Å²) in [6.45, 7) is 6.38. The van der Waals surface area contributed by atoms with E-state index in [1.54, 1.807) is 42.5 Å². The molecule has 3 aromatic rings. The smallest absolute Gasteiger partial charge is 0.336 e. The first kappa shape index (κ1) is 23.5. The number of carboxylic acid groups (broad SMARTS) is 1. The van der Waals surface area contributed by atoms with E-state index in [0.29, 0.717) is 34.7 Å². The highest BCUT2D eigenvalue weighted by Crippen LogP contribution is 2.36. The van der Waals surface area contributed by atoms with E-state index in [1.165, 1.54) is 6.07 Å². The number of ether oxygens (including phenoxy) is 1. The SMILES string of the molecule is Cc1ccc(-c2ccc(C(=O)NCC(C)C)cc2C(=O)O)c(Oc2ccc(C(=N)N)cc2)c1. The van der Waals surface area contributed by atoms with E-state index in [9.17, 15) is 14.7 Å². The molecule has 0 fully saturated rings. The van der Waals surface area contributed by atoms with Crippen molar-refractivity contribution in [3.05, 3.63) is 82.9 Å². The number of hydrogen-bond donors (Lipinski definition) is 4. The number of aryl methyl sites for hydroxylation is 1. The number of nitrogen functional groups attached to an aromatic ring is 1. The molecule has 170 valence electrons. The molecule has 0 aliphatic carbocycles. The molecule has 1 amide bonds. The van der Waals surface area contributed by atoms with Crippen LogP contribution < -0.4 is 15.8 Å². The number of nitrogens with two attached hydrogens (primary N) is 1. The Kier molecular flexibility index (Phi) is 7.13. The van der Waals surface area contributed by atoms with E-state index in [0.717, 1.165) is 5.56 Å². The van der Waals surface area contributed by atoms with Gasteiger partial charge in [0, 0.05) is 23.2 Å². The van der Waals surface area contributed by atoms with Crippen LogP contribution in [0.3, 0.4) is 0 Å². The summed E-state index contributed by atoms with van der Waals surface area (Å²) in [6.07, 6.45) is 0. The highest BCUT2D eigenvalue weighted by atomic mass is 16.5. The van der Waals surface area contributed by atoms with Gasteiger partial charge < -0.3 is 20.9 Å². The number of carbonyl (C=O) groups excluding carboxylic acids is 1. The van der Waals surface area contributed by atoms with Gasteiger partial charge in [-0.2, -0.15) is 0 Å². The molecule has 5 N–H and O–H groups in total. The molecule has 0 unspecified atom stereocenters. The second-order valence-corrected chi connectivity index (χ2v) is 8.21. The Balaban J connectivity index is 2.00. The lowest BCUT2D eigenvalue weighted by molar-refractivity contribution is 0.0697. The molecule has 3 rings (SSSR count). The van der Waals surface area contributed by atoms with Crippen LogP contribution in [0.2, 0.25) is 0 Å². The van der Waals surface area contributed by atoms with Gasteiger partial charge in [0.25, 0.3) is 5.91 Å². The second-order valence-electron chi connectivity index (χ2n) is 8.21. The molecule has 0 saturated heterocycles. The van der Waals surface area contributed by atoms with E-state index in [2.05, 4.69) is 5.32 Å². The first-order valence-electron chi connectivity index (χ1n) is 10.5. The fourth-order valence-electron chi connectivity index (χ4n) is 3.26. The Labute approximate surface area is 192 Å². The third-order valence-corrected chi connectivity index (χ3v) is 5.00. The molecule has 0 atom stereocenters. The van der Waals surface area contributed by atoms with Crippen LogP contribution in [0.5, 0.6) is 11.5 Å². The van der Waals surface area contributed by atoms with Gasteiger partial charge in [0.1, 0.15) is 17.3 Å². The van der Waals surface area contributed by atoms with E-state index in [-0.39, 0.29) is 28.8 Å². The fraction of sp³-hybridized carbons (Fsp3) is 0.192. The van der Waals surface area contributed by atoms with Crippen molar-refractivity contribution in [3.8, 4) is 22.6 Å². The molecule has 33 heavy (non-hydrogen) atoms. The van der Waals surface area contributed by atoms with Gasteiger partial charge in [-0.3, -0.25) is 10.2 Å². The van der Waals surface area contributed by atoms with Crippen LogP contribution in [0, 0.1) is 18.3 Å². The van der Waals surface area contributed by atoms with E-state index in [4.69, 9.17) is 15.9 Å². The van der Waals surface area contributed by atoms with Crippen molar-refractivity contribution in [2.45, 2.75) is 20.8 Å². The minimum absolute atomic E-state index is 0.00725. The highest BCUT2D eigenvalue weighted by Gasteiger charge is 2.19. The average Bonchev–Trinajstić information content (AvgIpc) is 2.77. The third-order valence-electron chi connectivity index (χ3n) is 5.00. The summed E-state index contributed by atoms with van der Waals surface area (Å²) in [7, 11) is 0. The molecule has 0 bridgehead atoms. The molecule has 0 saturated carbocycles. The number of hydrogen-bond acceptors (Lipinski definition) is 4. The van der Waals surface area contributed by atoms with Gasteiger partial charge >= 0.3 is 5.97 Å². The van der Waals surface area contributed by atoms with Gasteiger partial charge in [0.05, 0.1) is 5.56 Å². The summed E-state index contributed by atoms with van der Waals surface area (Å²) in [5.41, 5.74) is 8.34. The van der Waals surface area contributed by atoms with Crippen molar-refractivity contribution in [3.63, 3.8) is 0 Å². The summed E-state index contributed by atoms with van der Waals surface area (Å²) < 4.78 is 6.07. The lowest BCUT2D eigenvalue weighted by Crippen LogP contribution is -2.27. The van der Waals surface area contributed by atoms with Crippen molar-refractivity contribution in [1.29, 1.82) is 5.41 Å². The topological polar surface area (TPSA) is 126 Å². The predicted molar refractivity (Wildman–Crippen MR) is 128 cm³/mol. The van der Waals surface area contributed by atoms with Gasteiger partial charge in [-0.15, -0.1) is 0 Å². The van der Waals surface area contributed by atoms with Crippen LogP contribution in [-0.4, -0.2) is 29.4 Å². The molecule has 7 nitrogen and oxygen atoms in total. The van der Waals surface area contributed by atoms with Gasteiger partial charge in [-0.05, 0) is 66.4 Å². The molecule has 0 aliphatic heterocycles. The summed E-state index contributed by atoms with van der Waals surface area (Å²) in [5.74, 6) is -0.214. The zero-order valence-corrected chi connectivity index (χ0v) is 18.8. The monoisotopic (exact) mass is 445 g/mol. The Morgan fingerprint density at radius 3 is 2.24 bits per heavy atom. The third kappa shape index (κ3) is 5.77. The predicted octanol–water partition coefficient (Wildman–Crippen LogP) is 4.82. The number of rotatable bonds is 8. The number of amidine groups is 1. The summed E-state index contributed by atoms with van der Waals surface area (Å²) >= 11 is 0. The maximum absolute atomic E-state index is 12.4. The Hall–Kier alpha value is -4.13. The minimum atomic E-state index is -1.14. The lowest BCUT2D eigenvalue weighted by Gasteiger charge is -2.15. The Morgan fingerprint density at radius 2 is 1.64 bits per heavy atom. The molecule has 0 heterocycles. The van der Waals surface area contributed by atoms with Crippen LogP contribution in [-0.2, 0) is 0 Å². The van der Waals surface area contributed by atoms with Gasteiger partial charge in [-0.1, -0.05) is 32.0 Å². The maximum atomic E-state index is 12.4. The largest absolute Gasteiger partial charge is 0.478 e. The van der Waals surface area contributed by atoms with Gasteiger partial charge in [0.2, 0.25) is 0 Å². The molecular formula is C26H27N3O4. The molecule has 0 spiro atoms. The summed E-state index contributed by atoms with van der Waals surface area (Å²) in [4.78, 5) is 24.5. The quantitative estimate of drug-likeness (QED) is 0.292. The molecule has 0 aliphatic rings. The van der Waals surface area contributed by atoms with Gasteiger partial charge in [0.15, 0.2) is 0 Å². The molecular weight excluding hydrogens is 418 g/mol. The first-order valence-corrected chi connectivity index (χ1v) is 10.5. The minimum Gasteiger partial charge on any atom is -0.478 e. The standard InChI is InChI=1S/C26H27N3O4/c1-15(2)14-29-25(30)18-7-11-20(22(13-18)26(31)32)21-10-4-16(3)12-23(21)33-19-8-5-17(6-9-19)24(27)28/h4-13,15H,14H2,1-3H3,(H3,27,28)(H,29,30)(H,31,32). The fourth-order valence-corrected chi connectivity index (χ4v) is 3.26. The second kappa shape index (κ2) is 9.99. The van der Waals surface area contributed by atoms with Gasteiger partial charge in [-0.25, -0.2) is 4.79 Å². The number of carbonyl (C=O) groups is 2. The molecule has 3 aromatic carbocycles. The van der Waals surface area contributed by atoms with Crippen molar-refractivity contribution in [2.24, 2.45) is 11.7 Å². The zero-order valence-electron chi connectivity index (χ0n) is 18.8. The van der Waals surface area contributed by atoms with E-state index < -0.39 is 5.97 Å². The number of aromatic carboxylic acids is 1. The summed E-state index contributed by atoms with van der Waals surface area (Å²) in [5, 5.41) is 20.2. The number of nitrogens with one attached hydrogen (secondary N) is 2. The van der Waals surface area contributed by atoms with Crippen molar-refractivity contribution < 1.29 is 19.4 Å². The average molecular weight is 446 g/mol. The van der Waals surface area contributed by atoms with Crippen molar-refractivity contribution >= 4 is 17.7 Å². The van der Waals surface area contributed by atoms with E-state index in [1.807, 2.05) is 32.9 Å². The first-order chi connectivity index (χ1) is 15.7. The van der Waals surface area contributed by atoms with Crippen LogP contribution in [0.25, 0.3) is 11.1 Å². The van der Waals surface area contributed by atoms with Crippen LogP contribution in [0.4, 0.5) is 0 Å². The van der Waals surface area contributed by atoms with Crippen molar-refractivity contribution in [1.82, 2.24) is 5.32 Å². The lowest BCUT2D eigenvalue weighted by atomic mass is 9.95. The van der Waals surface area contributed by atoms with Crippen LogP contribution in [0.1, 0.15) is 45.7 Å². The maximum Gasteiger partial charge on any atom is 0.336 e. The van der Waals surface area contributed by atoms with Crippen LogP contribution in [0.15, 0.2) is 60.7 Å². The summed E-state index contributed by atoms with van der Waals surface area (Å²) in [6, 6.07) is 16.9. The number of benzene rings is 3. The Bertz CT molecular complexity index is 1200. The normalized spacial score (nSPS) is 10.7. The highest BCUT2D eigenvalue weighted by molar-refractivity contribution is 6.02. The number of amides is 1. The van der Waals surface area contributed by atoms with Crippen molar-refractivity contribution in [2.75, 3.05) is 6.54 Å². The molecule has 0 radical (unpaired) electrons. The molecule has 7 heteroatoms. The molecule has 0 aromatic heterocycles. The number of carboxylic acids is 1. The zero-order chi connectivity index (χ0) is 24.1. The van der Waals surface area contributed by atoms with Crippen LogP contribution >= 0.6 is 0 Å². The van der Waals surface area contributed by atoms with E-state index >= 15 is 0 Å².